The highest BCUT2D eigenvalue weighted by atomic mass is 19.4. The molecule has 0 radical (unpaired) electrons. The Hall–Kier alpha value is -3.17. The summed E-state index contributed by atoms with van der Waals surface area (Å²) in [6.07, 6.45) is -0.429. The first-order valence-electron chi connectivity index (χ1n) is 10.5. The minimum atomic E-state index is -4.54. The van der Waals surface area contributed by atoms with E-state index in [1.165, 1.54) is 12.3 Å². The molecule has 1 saturated carbocycles. The average molecular weight is 467 g/mol. The Labute approximate surface area is 186 Å². The van der Waals surface area contributed by atoms with E-state index in [9.17, 15) is 26.7 Å². The molecule has 5 nitrogen and oxygen atoms in total. The van der Waals surface area contributed by atoms with Crippen LogP contribution in [0.4, 0.5) is 22.0 Å². The van der Waals surface area contributed by atoms with Crippen LogP contribution in [0.1, 0.15) is 48.1 Å². The first-order chi connectivity index (χ1) is 15.5. The average Bonchev–Trinajstić information content (AvgIpc) is 3.04. The van der Waals surface area contributed by atoms with E-state index in [1.807, 2.05) is 16.0 Å². The summed E-state index contributed by atoms with van der Waals surface area (Å²) < 4.78 is 70.5. The summed E-state index contributed by atoms with van der Waals surface area (Å²) in [5.74, 6) is -0.774. The van der Waals surface area contributed by atoms with Gasteiger partial charge in [-0.25, -0.2) is 0 Å². The number of pyridine rings is 1. The van der Waals surface area contributed by atoms with Gasteiger partial charge in [0.25, 0.3) is 5.91 Å². The number of rotatable bonds is 6. The van der Waals surface area contributed by atoms with Gasteiger partial charge in [-0.2, -0.15) is 22.0 Å². The van der Waals surface area contributed by atoms with Gasteiger partial charge in [0.2, 0.25) is 0 Å². The molecular weight excluding hydrogens is 445 g/mol. The lowest BCUT2D eigenvalue weighted by atomic mass is 9.92. The molecule has 2 heterocycles. The van der Waals surface area contributed by atoms with Gasteiger partial charge in [-0.05, 0) is 62.9 Å². The van der Waals surface area contributed by atoms with Gasteiger partial charge in [0.05, 0.1) is 22.5 Å². The fourth-order valence-corrected chi connectivity index (χ4v) is 3.87. The maximum absolute atomic E-state index is 12.8. The molecular formula is C23H22F5N3O2. The van der Waals surface area contributed by atoms with Crippen molar-refractivity contribution in [2.24, 2.45) is 0 Å². The molecule has 1 aromatic carbocycles. The number of nitrogens with zero attached hydrogens (tertiary/aromatic N) is 2. The van der Waals surface area contributed by atoms with Crippen molar-refractivity contribution in [1.29, 1.82) is 0 Å². The summed E-state index contributed by atoms with van der Waals surface area (Å²) >= 11 is 0. The van der Waals surface area contributed by atoms with Crippen LogP contribution < -0.4 is 10.1 Å². The van der Waals surface area contributed by atoms with E-state index < -0.39 is 24.7 Å². The lowest BCUT2D eigenvalue weighted by Crippen LogP contribution is -2.43. The SMILES string of the molecule is Cc1cc2cc(-c3ccc(C(=O)NC(C)C(F)(F)F)cn3)n(C3CCC3)c2cc1OC(F)F. The van der Waals surface area contributed by atoms with Crippen molar-refractivity contribution >= 4 is 16.8 Å². The molecule has 0 spiro atoms. The molecule has 1 fully saturated rings. The van der Waals surface area contributed by atoms with Crippen LogP contribution in [0.25, 0.3) is 22.3 Å². The molecule has 1 aliphatic rings. The summed E-state index contributed by atoms with van der Waals surface area (Å²) in [4.78, 5) is 16.5. The molecule has 10 heteroatoms. The molecule has 3 aromatic rings. The number of aromatic nitrogens is 2. The van der Waals surface area contributed by atoms with Gasteiger partial charge in [0.15, 0.2) is 0 Å². The van der Waals surface area contributed by atoms with Crippen LogP contribution in [0.15, 0.2) is 36.5 Å². The predicted octanol–water partition coefficient (Wildman–Crippen LogP) is 6.02. The van der Waals surface area contributed by atoms with Crippen LogP contribution in [-0.2, 0) is 0 Å². The number of amides is 1. The van der Waals surface area contributed by atoms with Crippen molar-refractivity contribution in [1.82, 2.24) is 14.9 Å². The van der Waals surface area contributed by atoms with Crippen LogP contribution in [0, 0.1) is 6.92 Å². The van der Waals surface area contributed by atoms with Crippen molar-refractivity contribution in [3.63, 3.8) is 0 Å². The lowest BCUT2D eigenvalue weighted by molar-refractivity contribution is -0.149. The molecule has 0 saturated heterocycles. The molecule has 4 rings (SSSR count). The fourth-order valence-electron chi connectivity index (χ4n) is 3.87. The maximum Gasteiger partial charge on any atom is 0.408 e. The predicted molar refractivity (Wildman–Crippen MR) is 112 cm³/mol. The van der Waals surface area contributed by atoms with Crippen LogP contribution in [0.5, 0.6) is 5.75 Å². The van der Waals surface area contributed by atoms with Crippen LogP contribution >= 0.6 is 0 Å². The van der Waals surface area contributed by atoms with Crippen molar-refractivity contribution < 1.29 is 31.5 Å². The Balaban J connectivity index is 1.69. The Morgan fingerprint density at radius 2 is 1.94 bits per heavy atom. The van der Waals surface area contributed by atoms with Crippen LogP contribution in [0.2, 0.25) is 0 Å². The van der Waals surface area contributed by atoms with Gasteiger partial charge in [-0.3, -0.25) is 9.78 Å². The number of benzene rings is 1. The zero-order chi connectivity index (χ0) is 23.9. The third-order valence-corrected chi connectivity index (χ3v) is 5.92. The van der Waals surface area contributed by atoms with Crippen LogP contribution in [-0.4, -0.2) is 34.3 Å². The quantitative estimate of drug-likeness (QED) is 0.451. The number of hydrogen-bond acceptors (Lipinski definition) is 3. The number of fused-ring (bicyclic) bond motifs is 1. The molecule has 1 atom stereocenters. The summed E-state index contributed by atoms with van der Waals surface area (Å²) in [7, 11) is 0. The summed E-state index contributed by atoms with van der Waals surface area (Å²) in [6, 6.07) is 6.42. The minimum absolute atomic E-state index is 0.00428. The normalized spacial score (nSPS) is 15.5. The third kappa shape index (κ3) is 4.65. The summed E-state index contributed by atoms with van der Waals surface area (Å²) in [5.41, 5.74) is 2.56. The smallest absolute Gasteiger partial charge is 0.408 e. The number of alkyl halides is 5. The standard InChI is InChI=1S/C23H22F5N3O2/c1-12-8-15-9-19(31(16-4-3-5-16)18(15)10-20(12)33-22(24)25)17-7-6-14(11-29-17)21(32)30-13(2)23(26,27)28/h6-11,13,16,22H,3-5H2,1-2H3,(H,30,32). The first-order valence-corrected chi connectivity index (χ1v) is 10.5. The number of hydrogen-bond donors (Lipinski definition) is 1. The lowest BCUT2D eigenvalue weighted by Gasteiger charge is -2.30. The van der Waals surface area contributed by atoms with Crippen molar-refractivity contribution in [2.75, 3.05) is 0 Å². The Kier molecular flexibility index (Phi) is 6.02. The molecule has 33 heavy (non-hydrogen) atoms. The second kappa shape index (κ2) is 8.64. The molecule has 0 aliphatic heterocycles. The molecule has 176 valence electrons. The zero-order valence-corrected chi connectivity index (χ0v) is 17.9. The topological polar surface area (TPSA) is 56.2 Å². The van der Waals surface area contributed by atoms with Gasteiger partial charge in [0, 0.05) is 23.7 Å². The maximum atomic E-state index is 12.8. The third-order valence-electron chi connectivity index (χ3n) is 5.92. The van der Waals surface area contributed by atoms with Crippen molar-refractivity contribution in [2.45, 2.75) is 58.0 Å². The number of carbonyl (C=O) groups excluding carboxylic acids is 1. The molecule has 2 aromatic heterocycles. The fraction of sp³-hybridized carbons (Fsp3) is 0.391. The molecule has 0 bridgehead atoms. The number of aryl methyl sites for hydroxylation is 1. The number of halogens is 5. The van der Waals surface area contributed by atoms with Crippen molar-refractivity contribution in [3.8, 4) is 17.1 Å². The number of nitrogens with one attached hydrogen (secondary N) is 1. The Morgan fingerprint density at radius 3 is 2.48 bits per heavy atom. The van der Waals surface area contributed by atoms with E-state index >= 15 is 0 Å². The minimum Gasteiger partial charge on any atom is -0.434 e. The van der Waals surface area contributed by atoms with E-state index in [4.69, 9.17) is 0 Å². The largest absolute Gasteiger partial charge is 0.434 e. The Bertz CT molecular complexity index is 1170. The van der Waals surface area contributed by atoms with Gasteiger partial charge in [-0.15, -0.1) is 0 Å². The van der Waals surface area contributed by atoms with Crippen molar-refractivity contribution in [3.05, 3.63) is 47.7 Å². The number of carbonyl (C=O) groups is 1. The monoisotopic (exact) mass is 467 g/mol. The zero-order valence-electron chi connectivity index (χ0n) is 17.9. The molecule has 1 amide bonds. The molecule has 1 N–H and O–H groups in total. The second-order valence-electron chi connectivity index (χ2n) is 8.21. The van der Waals surface area contributed by atoms with E-state index in [1.54, 1.807) is 25.1 Å². The van der Waals surface area contributed by atoms with E-state index in [2.05, 4.69) is 9.72 Å². The van der Waals surface area contributed by atoms with Gasteiger partial charge in [0.1, 0.15) is 11.8 Å². The summed E-state index contributed by atoms with van der Waals surface area (Å²) in [6.45, 7) is -0.385. The Morgan fingerprint density at radius 1 is 1.21 bits per heavy atom. The highest BCUT2D eigenvalue weighted by Crippen LogP contribution is 2.41. The molecule has 1 unspecified atom stereocenters. The summed E-state index contributed by atoms with van der Waals surface area (Å²) in [5, 5.41) is 2.74. The highest BCUT2D eigenvalue weighted by Gasteiger charge is 2.37. The van der Waals surface area contributed by atoms with E-state index in [0.29, 0.717) is 11.3 Å². The van der Waals surface area contributed by atoms with Gasteiger partial charge >= 0.3 is 12.8 Å². The van der Waals surface area contributed by atoms with E-state index in [-0.39, 0.29) is 17.4 Å². The molecule has 1 aliphatic carbocycles. The highest BCUT2D eigenvalue weighted by molar-refractivity contribution is 5.94. The number of ether oxygens (including phenoxy) is 1. The van der Waals surface area contributed by atoms with Gasteiger partial charge < -0.3 is 14.6 Å². The van der Waals surface area contributed by atoms with E-state index in [0.717, 1.165) is 42.8 Å². The second-order valence-corrected chi connectivity index (χ2v) is 8.21. The van der Waals surface area contributed by atoms with Gasteiger partial charge in [-0.1, -0.05) is 0 Å². The van der Waals surface area contributed by atoms with Crippen LogP contribution in [0.3, 0.4) is 0 Å². The first kappa shape index (κ1) is 23.0.